The van der Waals surface area contributed by atoms with Gasteiger partial charge in [0, 0.05) is 45.3 Å². The fourth-order valence-corrected chi connectivity index (χ4v) is 5.05. The molecule has 1 saturated carbocycles. The van der Waals surface area contributed by atoms with Crippen molar-refractivity contribution >= 4 is 33.2 Å². The predicted molar refractivity (Wildman–Crippen MR) is 96.9 cm³/mol. The lowest BCUT2D eigenvalue weighted by Gasteiger charge is -2.27. The first-order valence-electron chi connectivity index (χ1n) is 7.98. The van der Waals surface area contributed by atoms with E-state index in [4.69, 9.17) is 5.73 Å². The van der Waals surface area contributed by atoms with Crippen LogP contribution in [0, 0.1) is 0 Å². The highest BCUT2D eigenvalue weighted by Crippen LogP contribution is 2.47. The quantitative estimate of drug-likeness (QED) is 0.867. The summed E-state index contributed by atoms with van der Waals surface area (Å²) in [7, 11) is 0. The molecule has 0 radical (unpaired) electrons. The van der Waals surface area contributed by atoms with Crippen LogP contribution in [0.15, 0.2) is 34.1 Å². The first-order chi connectivity index (χ1) is 11.1. The van der Waals surface area contributed by atoms with Crippen LogP contribution in [0.1, 0.15) is 39.2 Å². The number of amides is 1. The van der Waals surface area contributed by atoms with E-state index in [1.54, 1.807) is 11.3 Å². The summed E-state index contributed by atoms with van der Waals surface area (Å²) in [5, 5.41) is 2.12. The highest BCUT2D eigenvalue weighted by molar-refractivity contribution is 9.10. The van der Waals surface area contributed by atoms with Crippen molar-refractivity contribution in [3.8, 4) is 0 Å². The second-order valence-electron chi connectivity index (χ2n) is 6.52. The van der Waals surface area contributed by atoms with E-state index in [9.17, 15) is 4.79 Å². The number of fused-ring (bicyclic) bond motifs is 1. The highest BCUT2D eigenvalue weighted by atomic mass is 79.9. The molecule has 1 aromatic carbocycles. The van der Waals surface area contributed by atoms with E-state index in [0.29, 0.717) is 13.1 Å². The highest BCUT2D eigenvalue weighted by Gasteiger charge is 2.42. The van der Waals surface area contributed by atoms with Crippen molar-refractivity contribution in [2.24, 2.45) is 5.73 Å². The Morgan fingerprint density at radius 3 is 2.70 bits per heavy atom. The van der Waals surface area contributed by atoms with Gasteiger partial charge in [-0.3, -0.25) is 4.79 Å². The molecule has 1 aliphatic heterocycles. The number of nitrogens with two attached hydrogens (primary N) is 1. The van der Waals surface area contributed by atoms with Crippen LogP contribution in [0.4, 0.5) is 0 Å². The van der Waals surface area contributed by atoms with Crippen LogP contribution in [0.2, 0.25) is 0 Å². The monoisotopic (exact) mass is 390 g/mol. The first-order valence-corrected chi connectivity index (χ1v) is 9.65. The Morgan fingerprint density at radius 1 is 1.30 bits per heavy atom. The van der Waals surface area contributed by atoms with Crippen LogP contribution >= 0.6 is 27.3 Å². The smallest absolute Gasteiger partial charge is 0.254 e. The molecule has 2 heterocycles. The Morgan fingerprint density at radius 2 is 2.04 bits per heavy atom. The summed E-state index contributed by atoms with van der Waals surface area (Å²) >= 11 is 5.37. The lowest BCUT2D eigenvalue weighted by molar-refractivity contribution is 0.0735. The normalized spacial score (nSPS) is 18.6. The van der Waals surface area contributed by atoms with Crippen LogP contribution in [-0.4, -0.2) is 23.9 Å². The number of halogens is 1. The molecule has 120 valence electrons. The fraction of sp³-hybridized carbons (Fsp3) is 0.389. The Balaban J connectivity index is 1.52. The Labute approximate surface area is 148 Å². The summed E-state index contributed by atoms with van der Waals surface area (Å²) in [6, 6.07) is 8.10. The lowest BCUT2D eigenvalue weighted by Crippen LogP contribution is -2.35. The molecule has 2 N–H and O–H groups in total. The van der Waals surface area contributed by atoms with Gasteiger partial charge in [0.25, 0.3) is 5.91 Å². The van der Waals surface area contributed by atoms with Gasteiger partial charge in [-0.15, -0.1) is 11.3 Å². The van der Waals surface area contributed by atoms with Crippen molar-refractivity contribution in [3.63, 3.8) is 0 Å². The molecule has 2 aliphatic rings. The molecule has 0 unspecified atom stereocenters. The van der Waals surface area contributed by atoms with Gasteiger partial charge in [0.15, 0.2) is 0 Å². The lowest BCUT2D eigenvalue weighted by atomic mass is 9.95. The van der Waals surface area contributed by atoms with Crippen LogP contribution < -0.4 is 5.73 Å². The zero-order valence-electron chi connectivity index (χ0n) is 12.8. The number of benzene rings is 1. The molecule has 1 aromatic heterocycles. The average molecular weight is 391 g/mol. The molecule has 0 saturated heterocycles. The van der Waals surface area contributed by atoms with Crippen molar-refractivity contribution in [2.45, 2.75) is 31.2 Å². The SMILES string of the molecule is NCC1(c2ccc(C(=O)N3CCc4scc(Br)c4C3)cc2)CC1. The van der Waals surface area contributed by atoms with E-state index in [1.807, 2.05) is 17.0 Å². The van der Waals surface area contributed by atoms with Gasteiger partial charge >= 0.3 is 0 Å². The van der Waals surface area contributed by atoms with Crippen LogP contribution in [-0.2, 0) is 18.4 Å². The Hall–Kier alpha value is -1.17. The van der Waals surface area contributed by atoms with Gasteiger partial charge in [-0.25, -0.2) is 0 Å². The third-order valence-electron chi connectivity index (χ3n) is 5.16. The van der Waals surface area contributed by atoms with Gasteiger partial charge in [-0.1, -0.05) is 12.1 Å². The molecule has 0 bridgehead atoms. The number of hydrogen-bond acceptors (Lipinski definition) is 3. The third kappa shape index (κ3) is 2.65. The molecule has 2 aromatic rings. The number of carbonyl (C=O) groups is 1. The molecular weight excluding hydrogens is 372 g/mol. The molecule has 1 aliphatic carbocycles. The van der Waals surface area contributed by atoms with Crippen LogP contribution in [0.5, 0.6) is 0 Å². The van der Waals surface area contributed by atoms with Crippen molar-refractivity contribution in [1.82, 2.24) is 4.90 Å². The van der Waals surface area contributed by atoms with Crippen LogP contribution in [0.25, 0.3) is 0 Å². The van der Waals surface area contributed by atoms with Gasteiger partial charge in [-0.2, -0.15) is 0 Å². The predicted octanol–water partition coefficient (Wildman–Crippen LogP) is 3.70. The molecule has 1 amide bonds. The fourth-order valence-electron chi connectivity index (χ4n) is 3.36. The Kier molecular flexibility index (Phi) is 3.82. The van der Waals surface area contributed by atoms with E-state index in [1.165, 1.54) is 16.0 Å². The summed E-state index contributed by atoms with van der Waals surface area (Å²) in [5.41, 5.74) is 9.39. The van der Waals surface area contributed by atoms with Crippen LogP contribution in [0.3, 0.4) is 0 Å². The van der Waals surface area contributed by atoms with Gasteiger partial charge in [-0.05, 0) is 58.5 Å². The molecule has 0 spiro atoms. The van der Waals surface area contributed by atoms with E-state index in [0.717, 1.165) is 35.8 Å². The molecule has 4 rings (SSSR count). The topological polar surface area (TPSA) is 46.3 Å². The number of thiophene rings is 1. The van der Waals surface area contributed by atoms with Gasteiger partial charge in [0.2, 0.25) is 0 Å². The van der Waals surface area contributed by atoms with E-state index in [2.05, 4.69) is 33.4 Å². The van der Waals surface area contributed by atoms with E-state index >= 15 is 0 Å². The summed E-state index contributed by atoms with van der Waals surface area (Å²) in [5.74, 6) is 0.123. The third-order valence-corrected chi connectivity index (χ3v) is 7.26. The van der Waals surface area contributed by atoms with Gasteiger partial charge < -0.3 is 10.6 Å². The summed E-state index contributed by atoms with van der Waals surface area (Å²) in [6.07, 6.45) is 3.28. The molecule has 0 atom stereocenters. The molecule has 23 heavy (non-hydrogen) atoms. The second kappa shape index (κ2) is 5.72. The zero-order chi connectivity index (χ0) is 16.0. The summed E-state index contributed by atoms with van der Waals surface area (Å²) in [4.78, 5) is 16.1. The zero-order valence-corrected chi connectivity index (χ0v) is 15.3. The maximum Gasteiger partial charge on any atom is 0.254 e. The average Bonchev–Trinajstić information content (AvgIpc) is 3.32. The number of hydrogen-bond donors (Lipinski definition) is 1. The number of rotatable bonds is 3. The van der Waals surface area contributed by atoms with Crippen molar-refractivity contribution in [3.05, 3.63) is 55.7 Å². The Bertz CT molecular complexity index is 749. The van der Waals surface area contributed by atoms with Gasteiger partial charge in [0.1, 0.15) is 0 Å². The van der Waals surface area contributed by atoms with E-state index < -0.39 is 0 Å². The molecule has 5 heteroatoms. The standard InChI is InChI=1S/C18H19BrN2OS/c19-15-10-23-16-5-8-21(9-14(15)16)17(22)12-1-3-13(4-2-12)18(11-20)6-7-18/h1-4,10H,5-9,11,20H2. The van der Waals surface area contributed by atoms with Crippen molar-refractivity contribution < 1.29 is 4.79 Å². The number of nitrogens with zero attached hydrogens (tertiary/aromatic N) is 1. The minimum atomic E-state index is 0.123. The minimum absolute atomic E-state index is 0.123. The maximum absolute atomic E-state index is 12.8. The number of carbonyl (C=O) groups excluding carboxylic acids is 1. The van der Waals surface area contributed by atoms with Crippen molar-refractivity contribution in [2.75, 3.05) is 13.1 Å². The molecule has 1 fully saturated rings. The van der Waals surface area contributed by atoms with Gasteiger partial charge in [0.05, 0.1) is 0 Å². The molecular formula is C18H19BrN2OS. The first kappa shape index (κ1) is 15.4. The summed E-state index contributed by atoms with van der Waals surface area (Å²) < 4.78 is 1.13. The van der Waals surface area contributed by atoms with E-state index in [-0.39, 0.29) is 11.3 Å². The second-order valence-corrected chi connectivity index (χ2v) is 8.34. The largest absolute Gasteiger partial charge is 0.334 e. The maximum atomic E-state index is 12.8. The minimum Gasteiger partial charge on any atom is -0.334 e. The van der Waals surface area contributed by atoms with Crippen molar-refractivity contribution in [1.29, 1.82) is 0 Å². The molecule has 3 nitrogen and oxygen atoms in total. The summed E-state index contributed by atoms with van der Waals surface area (Å²) in [6.45, 7) is 2.20.